The number of aliphatic hydroxyl groups is 1. The van der Waals surface area contributed by atoms with E-state index < -0.39 is 13.9 Å². The fourth-order valence-corrected chi connectivity index (χ4v) is 3.68. The summed E-state index contributed by atoms with van der Waals surface area (Å²) in [7, 11) is -1.87. The van der Waals surface area contributed by atoms with Crippen molar-refractivity contribution in [3.63, 3.8) is 0 Å². The zero-order valence-electron chi connectivity index (χ0n) is 15.6. The van der Waals surface area contributed by atoms with Crippen LogP contribution in [0, 0.1) is 0 Å². The normalized spacial score (nSPS) is 19.5. The summed E-state index contributed by atoms with van der Waals surface area (Å²) in [4.78, 5) is 0. The van der Waals surface area contributed by atoms with Crippen LogP contribution in [-0.4, -0.2) is 44.6 Å². The van der Waals surface area contributed by atoms with Crippen LogP contribution in [0.1, 0.15) is 60.3 Å². The summed E-state index contributed by atoms with van der Waals surface area (Å²) < 4.78 is 17.9. The second kappa shape index (κ2) is 7.75. The molecule has 5 heteroatoms. The van der Waals surface area contributed by atoms with Gasteiger partial charge in [0.1, 0.15) is 0 Å². The third-order valence-corrected chi connectivity index (χ3v) is 9.40. The summed E-state index contributed by atoms with van der Waals surface area (Å²) in [6.07, 6.45) is 2.91. The molecule has 0 bridgehead atoms. The Morgan fingerprint density at radius 3 is 1.95 bits per heavy atom. The lowest BCUT2D eigenvalue weighted by Crippen LogP contribution is -2.46. The Labute approximate surface area is 137 Å². The van der Waals surface area contributed by atoms with Gasteiger partial charge in [-0.2, -0.15) is 0 Å². The van der Waals surface area contributed by atoms with Gasteiger partial charge in [0.05, 0.1) is 11.7 Å². The standard InChI is InChI=1S/C17H36O4Si/c1-8-19-15(20-9-2)12-14(13-17(18)10-11-17)21-22(6,7)16(3,4)5/h14-15,18H,8-13H2,1-7H3. The highest BCUT2D eigenvalue weighted by Crippen LogP contribution is 2.43. The molecule has 0 amide bonds. The average Bonchev–Trinajstić information content (AvgIpc) is 3.05. The van der Waals surface area contributed by atoms with E-state index in [0.717, 1.165) is 12.8 Å². The van der Waals surface area contributed by atoms with Crippen molar-refractivity contribution in [3.8, 4) is 0 Å². The molecule has 0 aliphatic heterocycles. The quantitative estimate of drug-likeness (QED) is 0.484. The van der Waals surface area contributed by atoms with Gasteiger partial charge in [0.25, 0.3) is 0 Å². The molecule has 1 aliphatic rings. The lowest BCUT2D eigenvalue weighted by atomic mass is 10.1. The maximum absolute atomic E-state index is 10.3. The predicted octanol–water partition coefficient (Wildman–Crippen LogP) is 4.08. The van der Waals surface area contributed by atoms with Crippen molar-refractivity contribution < 1.29 is 19.0 Å². The minimum atomic E-state index is -1.87. The molecule has 1 saturated carbocycles. The molecule has 1 aliphatic carbocycles. The molecule has 0 aromatic carbocycles. The van der Waals surface area contributed by atoms with Gasteiger partial charge in [0, 0.05) is 26.1 Å². The largest absolute Gasteiger partial charge is 0.414 e. The monoisotopic (exact) mass is 332 g/mol. The molecule has 0 aromatic rings. The van der Waals surface area contributed by atoms with E-state index in [1.165, 1.54) is 0 Å². The van der Waals surface area contributed by atoms with E-state index in [2.05, 4.69) is 33.9 Å². The van der Waals surface area contributed by atoms with Crippen molar-refractivity contribution in [1.82, 2.24) is 0 Å². The Morgan fingerprint density at radius 2 is 1.59 bits per heavy atom. The highest BCUT2D eigenvalue weighted by atomic mass is 28.4. The van der Waals surface area contributed by atoms with Gasteiger partial charge >= 0.3 is 0 Å². The molecule has 132 valence electrons. The van der Waals surface area contributed by atoms with Crippen molar-refractivity contribution in [3.05, 3.63) is 0 Å². The maximum atomic E-state index is 10.3. The average molecular weight is 333 g/mol. The van der Waals surface area contributed by atoms with Crippen molar-refractivity contribution in [1.29, 1.82) is 0 Å². The summed E-state index contributed by atoms with van der Waals surface area (Å²) in [5, 5.41) is 10.5. The van der Waals surface area contributed by atoms with Crippen LogP contribution in [0.3, 0.4) is 0 Å². The summed E-state index contributed by atoms with van der Waals surface area (Å²) in [6.45, 7) is 16.4. The van der Waals surface area contributed by atoms with Crippen LogP contribution in [0.2, 0.25) is 18.1 Å². The second-order valence-electron chi connectivity index (χ2n) is 8.00. The van der Waals surface area contributed by atoms with Crippen molar-refractivity contribution in [2.75, 3.05) is 13.2 Å². The molecule has 4 nitrogen and oxygen atoms in total. The molecule has 1 rings (SSSR count). The van der Waals surface area contributed by atoms with Crippen LogP contribution in [0.4, 0.5) is 0 Å². The Kier molecular flexibility index (Phi) is 7.08. The number of hydrogen-bond donors (Lipinski definition) is 1. The van der Waals surface area contributed by atoms with Crippen LogP contribution < -0.4 is 0 Å². The van der Waals surface area contributed by atoms with E-state index in [1.54, 1.807) is 0 Å². The van der Waals surface area contributed by atoms with Gasteiger partial charge in [-0.15, -0.1) is 0 Å². The van der Waals surface area contributed by atoms with E-state index in [1.807, 2.05) is 13.8 Å². The van der Waals surface area contributed by atoms with Gasteiger partial charge in [-0.3, -0.25) is 0 Å². The second-order valence-corrected chi connectivity index (χ2v) is 12.8. The van der Waals surface area contributed by atoms with Crippen LogP contribution in [-0.2, 0) is 13.9 Å². The molecular weight excluding hydrogens is 296 g/mol. The first-order chi connectivity index (χ1) is 10.0. The van der Waals surface area contributed by atoms with Gasteiger partial charge in [0.2, 0.25) is 0 Å². The summed E-state index contributed by atoms with van der Waals surface area (Å²) in [6, 6.07) is 0. The van der Waals surface area contributed by atoms with Crippen LogP contribution in [0.5, 0.6) is 0 Å². The Hall–Kier alpha value is 0.0569. The smallest absolute Gasteiger partial charge is 0.192 e. The Bertz CT molecular complexity index is 328. The van der Waals surface area contributed by atoms with Crippen LogP contribution in [0.15, 0.2) is 0 Å². The molecule has 0 aromatic heterocycles. The predicted molar refractivity (Wildman–Crippen MR) is 92.5 cm³/mol. The molecule has 1 atom stereocenters. The molecule has 22 heavy (non-hydrogen) atoms. The third kappa shape index (κ3) is 6.28. The lowest BCUT2D eigenvalue weighted by molar-refractivity contribution is -0.153. The zero-order chi connectivity index (χ0) is 17.0. The van der Waals surface area contributed by atoms with Gasteiger partial charge in [0.15, 0.2) is 14.6 Å². The van der Waals surface area contributed by atoms with E-state index in [9.17, 15) is 5.11 Å². The molecular formula is C17H36O4Si. The maximum Gasteiger partial charge on any atom is 0.192 e. The van der Waals surface area contributed by atoms with Crippen LogP contribution >= 0.6 is 0 Å². The first kappa shape index (κ1) is 20.1. The first-order valence-electron chi connectivity index (χ1n) is 8.66. The van der Waals surface area contributed by atoms with Crippen molar-refractivity contribution >= 4 is 8.32 Å². The highest BCUT2D eigenvalue weighted by molar-refractivity contribution is 6.74. The number of ether oxygens (including phenoxy) is 2. The fourth-order valence-electron chi connectivity index (χ4n) is 2.31. The lowest BCUT2D eigenvalue weighted by Gasteiger charge is -2.40. The number of hydrogen-bond acceptors (Lipinski definition) is 4. The summed E-state index contributed by atoms with van der Waals surface area (Å²) in [5.74, 6) is 0. The topological polar surface area (TPSA) is 47.9 Å². The van der Waals surface area contributed by atoms with Gasteiger partial charge in [-0.25, -0.2) is 0 Å². The minimum absolute atomic E-state index is 0.00325. The summed E-state index contributed by atoms with van der Waals surface area (Å²) >= 11 is 0. The van der Waals surface area contributed by atoms with Gasteiger partial charge in [-0.05, 0) is 44.8 Å². The Balaban J connectivity index is 2.74. The third-order valence-electron chi connectivity index (χ3n) is 4.86. The van der Waals surface area contributed by atoms with Crippen LogP contribution in [0.25, 0.3) is 0 Å². The first-order valence-corrected chi connectivity index (χ1v) is 11.6. The number of rotatable bonds is 10. The van der Waals surface area contributed by atoms with E-state index >= 15 is 0 Å². The minimum Gasteiger partial charge on any atom is -0.414 e. The summed E-state index contributed by atoms with van der Waals surface area (Å²) in [5.41, 5.74) is -0.518. The van der Waals surface area contributed by atoms with E-state index in [4.69, 9.17) is 13.9 Å². The van der Waals surface area contributed by atoms with Gasteiger partial charge < -0.3 is 19.0 Å². The molecule has 1 unspecified atom stereocenters. The van der Waals surface area contributed by atoms with Crippen molar-refractivity contribution in [2.24, 2.45) is 0 Å². The molecule has 1 N–H and O–H groups in total. The Morgan fingerprint density at radius 1 is 1.09 bits per heavy atom. The fraction of sp³-hybridized carbons (Fsp3) is 1.00. The van der Waals surface area contributed by atoms with E-state index in [-0.39, 0.29) is 17.4 Å². The molecule has 1 fully saturated rings. The SMILES string of the molecule is CCOC(CC(CC1(O)CC1)O[Si](C)(C)C(C)(C)C)OCC. The highest BCUT2D eigenvalue weighted by Gasteiger charge is 2.46. The molecule has 0 radical (unpaired) electrons. The molecule has 0 heterocycles. The zero-order valence-corrected chi connectivity index (χ0v) is 16.6. The van der Waals surface area contributed by atoms with E-state index in [0.29, 0.717) is 26.1 Å². The molecule has 0 saturated heterocycles. The van der Waals surface area contributed by atoms with Crippen molar-refractivity contribution in [2.45, 2.75) is 96.4 Å². The molecule has 0 spiro atoms. The van der Waals surface area contributed by atoms with Gasteiger partial charge in [-0.1, -0.05) is 20.8 Å².